The van der Waals surface area contributed by atoms with E-state index in [4.69, 9.17) is 4.74 Å². The Balaban J connectivity index is 1.86. The summed E-state index contributed by atoms with van der Waals surface area (Å²) in [5.74, 6) is 0.830. The van der Waals surface area contributed by atoms with E-state index in [0.717, 1.165) is 18.0 Å². The van der Waals surface area contributed by atoms with Gasteiger partial charge in [0.2, 0.25) is 0 Å². The van der Waals surface area contributed by atoms with Crippen LogP contribution in [0.25, 0.3) is 0 Å². The zero-order valence-corrected chi connectivity index (χ0v) is 14.8. The predicted octanol–water partition coefficient (Wildman–Crippen LogP) is 3.99. The highest BCUT2D eigenvalue weighted by atomic mass is 16.6. The van der Waals surface area contributed by atoms with Gasteiger partial charge in [-0.25, -0.2) is 4.79 Å². The van der Waals surface area contributed by atoms with E-state index < -0.39 is 5.60 Å². The molecule has 0 radical (unpaired) electrons. The molecule has 128 valence electrons. The van der Waals surface area contributed by atoms with Crippen LogP contribution in [-0.2, 0) is 17.8 Å². The second-order valence-corrected chi connectivity index (χ2v) is 7.62. The lowest BCUT2D eigenvalue weighted by Crippen LogP contribution is -2.32. The van der Waals surface area contributed by atoms with E-state index in [1.165, 1.54) is 24.8 Å². The van der Waals surface area contributed by atoms with Crippen LogP contribution in [0.2, 0.25) is 0 Å². The summed E-state index contributed by atoms with van der Waals surface area (Å²) >= 11 is 0. The van der Waals surface area contributed by atoms with Crippen molar-refractivity contribution < 1.29 is 9.53 Å². The average molecular weight is 318 g/mol. The molecule has 1 fully saturated rings. The Morgan fingerprint density at radius 2 is 1.83 bits per heavy atom. The molecule has 0 aliphatic heterocycles. The Kier molecular flexibility index (Phi) is 6.05. The van der Waals surface area contributed by atoms with Gasteiger partial charge in [-0.1, -0.05) is 31.2 Å². The number of alkyl carbamates (subject to hydrolysis) is 1. The SMILES string of the molecule is CC1CCC(NCc2ccccc2CNC(=O)OC(C)(C)C)C1. The molecular formula is C19H30N2O2. The fraction of sp³-hybridized carbons (Fsp3) is 0.632. The van der Waals surface area contributed by atoms with E-state index in [2.05, 4.69) is 29.7 Å². The largest absolute Gasteiger partial charge is 0.444 e. The lowest BCUT2D eigenvalue weighted by Gasteiger charge is -2.20. The molecule has 4 heteroatoms. The molecule has 2 rings (SSSR count). The summed E-state index contributed by atoms with van der Waals surface area (Å²) in [5, 5.41) is 6.49. The normalized spacial score (nSPS) is 21.2. The number of amides is 1. The van der Waals surface area contributed by atoms with Crippen molar-refractivity contribution in [3.05, 3.63) is 35.4 Å². The molecule has 2 N–H and O–H groups in total. The lowest BCUT2D eigenvalue weighted by molar-refractivity contribution is 0.0523. The van der Waals surface area contributed by atoms with Crippen molar-refractivity contribution in [1.29, 1.82) is 0 Å². The van der Waals surface area contributed by atoms with Crippen molar-refractivity contribution in [2.75, 3.05) is 0 Å². The highest BCUT2D eigenvalue weighted by molar-refractivity contribution is 5.67. The summed E-state index contributed by atoms with van der Waals surface area (Å²) in [6, 6.07) is 8.86. The Hall–Kier alpha value is -1.55. The van der Waals surface area contributed by atoms with Crippen LogP contribution in [0, 0.1) is 5.92 Å². The van der Waals surface area contributed by atoms with Gasteiger partial charge in [-0.2, -0.15) is 0 Å². The third kappa shape index (κ3) is 6.22. The maximum atomic E-state index is 11.8. The molecule has 0 heterocycles. The molecule has 1 amide bonds. The zero-order chi connectivity index (χ0) is 16.9. The van der Waals surface area contributed by atoms with Gasteiger partial charge in [0, 0.05) is 19.1 Å². The van der Waals surface area contributed by atoms with E-state index in [0.29, 0.717) is 12.6 Å². The third-order valence-electron chi connectivity index (χ3n) is 4.22. The maximum Gasteiger partial charge on any atom is 0.407 e. The molecule has 1 aromatic carbocycles. The smallest absolute Gasteiger partial charge is 0.407 e. The van der Waals surface area contributed by atoms with Crippen LogP contribution in [0.4, 0.5) is 4.79 Å². The van der Waals surface area contributed by atoms with E-state index >= 15 is 0 Å². The standard InChI is InChI=1S/C19H30N2O2/c1-14-9-10-17(11-14)20-12-15-7-5-6-8-16(15)13-21-18(22)23-19(2,3)4/h5-8,14,17,20H,9-13H2,1-4H3,(H,21,22). The molecule has 0 saturated heterocycles. The minimum atomic E-state index is -0.468. The number of hydrogen-bond acceptors (Lipinski definition) is 3. The summed E-state index contributed by atoms with van der Waals surface area (Å²) in [7, 11) is 0. The van der Waals surface area contributed by atoms with Gasteiger partial charge in [-0.3, -0.25) is 0 Å². The van der Waals surface area contributed by atoms with Gasteiger partial charge in [-0.15, -0.1) is 0 Å². The molecule has 2 atom stereocenters. The van der Waals surface area contributed by atoms with Gasteiger partial charge in [0.05, 0.1) is 0 Å². The highest BCUT2D eigenvalue weighted by Gasteiger charge is 2.21. The van der Waals surface area contributed by atoms with Crippen LogP contribution in [0.5, 0.6) is 0 Å². The van der Waals surface area contributed by atoms with E-state index in [1.807, 2.05) is 32.9 Å². The minimum Gasteiger partial charge on any atom is -0.444 e. The van der Waals surface area contributed by atoms with Crippen LogP contribution < -0.4 is 10.6 Å². The molecule has 2 unspecified atom stereocenters. The molecule has 4 nitrogen and oxygen atoms in total. The number of nitrogens with one attached hydrogen (secondary N) is 2. The fourth-order valence-corrected chi connectivity index (χ4v) is 3.03. The lowest BCUT2D eigenvalue weighted by atomic mass is 10.1. The monoisotopic (exact) mass is 318 g/mol. The van der Waals surface area contributed by atoms with Gasteiger partial charge in [0.1, 0.15) is 5.60 Å². The van der Waals surface area contributed by atoms with Crippen molar-refractivity contribution in [1.82, 2.24) is 10.6 Å². The maximum absolute atomic E-state index is 11.8. The Labute approximate surface area is 140 Å². The first kappa shape index (κ1) is 17.8. The van der Waals surface area contributed by atoms with E-state index in [1.54, 1.807) is 0 Å². The Morgan fingerprint density at radius 1 is 1.17 bits per heavy atom. The predicted molar refractivity (Wildman–Crippen MR) is 93.2 cm³/mol. The number of rotatable bonds is 5. The van der Waals surface area contributed by atoms with Crippen LogP contribution >= 0.6 is 0 Å². The quantitative estimate of drug-likeness (QED) is 0.863. The molecule has 1 aromatic rings. The highest BCUT2D eigenvalue weighted by Crippen LogP contribution is 2.25. The topological polar surface area (TPSA) is 50.4 Å². The average Bonchev–Trinajstić information content (AvgIpc) is 2.87. The Morgan fingerprint density at radius 3 is 2.39 bits per heavy atom. The summed E-state index contributed by atoms with van der Waals surface area (Å²) in [6.07, 6.45) is 3.47. The summed E-state index contributed by atoms with van der Waals surface area (Å²) in [4.78, 5) is 11.8. The molecule has 1 aliphatic rings. The van der Waals surface area contributed by atoms with E-state index in [9.17, 15) is 4.79 Å². The summed E-state index contributed by atoms with van der Waals surface area (Å²) in [6.45, 7) is 9.27. The van der Waals surface area contributed by atoms with Gasteiger partial charge in [-0.05, 0) is 57.1 Å². The number of benzene rings is 1. The number of carbonyl (C=O) groups is 1. The van der Waals surface area contributed by atoms with Gasteiger partial charge in [0.15, 0.2) is 0 Å². The fourth-order valence-electron chi connectivity index (χ4n) is 3.03. The van der Waals surface area contributed by atoms with Crippen molar-refractivity contribution in [2.45, 2.75) is 71.7 Å². The van der Waals surface area contributed by atoms with Crippen molar-refractivity contribution in [2.24, 2.45) is 5.92 Å². The second-order valence-electron chi connectivity index (χ2n) is 7.62. The number of ether oxygens (including phenoxy) is 1. The summed E-state index contributed by atoms with van der Waals surface area (Å²) < 4.78 is 5.29. The first-order valence-electron chi connectivity index (χ1n) is 8.60. The Bertz CT molecular complexity index is 522. The number of carbonyl (C=O) groups excluding carboxylic acids is 1. The molecule has 0 bridgehead atoms. The second kappa shape index (κ2) is 7.82. The number of hydrogen-bond donors (Lipinski definition) is 2. The molecule has 1 saturated carbocycles. The first-order chi connectivity index (χ1) is 10.8. The molecule has 0 aromatic heterocycles. The molecule has 0 spiro atoms. The molecular weight excluding hydrogens is 288 g/mol. The minimum absolute atomic E-state index is 0.370. The van der Waals surface area contributed by atoms with Crippen molar-refractivity contribution in [3.8, 4) is 0 Å². The first-order valence-corrected chi connectivity index (χ1v) is 8.60. The van der Waals surface area contributed by atoms with Crippen molar-refractivity contribution >= 4 is 6.09 Å². The van der Waals surface area contributed by atoms with Crippen LogP contribution in [0.3, 0.4) is 0 Å². The third-order valence-corrected chi connectivity index (χ3v) is 4.22. The summed E-state index contributed by atoms with van der Waals surface area (Å²) in [5.41, 5.74) is 1.91. The van der Waals surface area contributed by atoms with Gasteiger partial charge >= 0.3 is 6.09 Å². The van der Waals surface area contributed by atoms with Gasteiger partial charge in [0.25, 0.3) is 0 Å². The molecule has 23 heavy (non-hydrogen) atoms. The van der Waals surface area contributed by atoms with Crippen LogP contribution in [0.1, 0.15) is 58.1 Å². The van der Waals surface area contributed by atoms with Crippen LogP contribution in [0.15, 0.2) is 24.3 Å². The van der Waals surface area contributed by atoms with Crippen LogP contribution in [-0.4, -0.2) is 17.7 Å². The van der Waals surface area contributed by atoms with Crippen molar-refractivity contribution in [3.63, 3.8) is 0 Å². The zero-order valence-electron chi connectivity index (χ0n) is 14.8. The molecule has 1 aliphatic carbocycles. The van der Waals surface area contributed by atoms with E-state index in [-0.39, 0.29) is 6.09 Å². The van der Waals surface area contributed by atoms with Gasteiger partial charge < -0.3 is 15.4 Å².